The molecule has 0 spiro atoms. The van der Waals surface area contributed by atoms with Crippen molar-refractivity contribution < 1.29 is 4.74 Å². The summed E-state index contributed by atoms with van der Waals surface area (Å²) in [5, 5.41) is 5.00. The molecule has 0 unspecified atom stereocenters. The second-order valence-corrected chi connectivity index (χ2v) is 4.70. The quantitative estimate of drug-likeness (QED) is 0.510. The number of fused-ring (bicyclic) bond motifs is 4. The van der Waals surface area contributed by atoms with Gasteiger partial charge in [0.25, 0.3) is 0 Å². The van der Waals surface area contributed by atoms with Gasteiger partial charge in [0.05, 0.1) is 6.26 Å². The summed E-state index contributed by atoms with van der Waals surface area (Å²) in [5.74, 6) is 0.910. The first-order valence-corrected chi connectivity index (χ1v) is 6.37. The molecule has 19 heavy (non-hydrogen) atoms. The summed E-state index contributed by atoms with van der Waals surface area (Å²) in [6.07, 6.45) is 7.75. The Morgan fingerprint density at radius 3 is 2.47 bits per heavy atom. The molecule has 0 fully saturated rings. The summed E-state index contributed by atoms with van der Waals surface area (Å²) in [4.78, 5) is 0. The fourth-order valence-electron chi connectivity index (χ4n) is 2.60. The van der Waals surface area contributed by atoms with Gasteiger partial charge >= 0.3 is 0 Å². The lowest BCUT2D eigenvalue weighted by atomic mass is 9.99. The molecule has 0 aromatic heterocycles. The number of benzene rings is 3. The highest BCUT2D eigenvalue weighted by atomic mass is 16.5. The van der Waals surface area contributed by atoms with E-state index in [1.807, 2.05) is 18.2 Å². The van der Waals surface area contributed by atoms with Crippen LogP contribution in [0.15, 0.2) is 66.9 Å². The highest BCUT2D eigenvalue weighted by molar-refractivity contribution is 6.03. The average Bonchev–Trinajstić information content (AvgIpc) is 2.70. The average molecular weight is 244 g/mol. The van der Waals surface area contributed by atoms with Crippen molar-refractivity contribution in [2.24, 2.45) is 0 Å². The van der Waals surface area contributed by atoms with Crippen molar-refractivity contribution in [3.05, 3.63) is 72.5 Å². The van der Waals surface area contributed by atoms with E-state index in [1.54, 1.807) is 6.26 Å². The lowest BCUT2D eigenvalue weighted by Gasteiger charge is -2.09. The van der Waals surface area contributed by atoms with Crippen molar-refractivity contribution in [3.8, 4) is 5.75 Å². The zero-order valence-electron chi connectivity index (χ0n) is 10.3. The highest BCUT2D eigenvalue weighted by Crippen LogP contribution is 2.33. The summed E-state index contributed by atoms with van der Waals surface area (Å²) in [7, 11) is 0. The van der Waals surface area contributed by atoms with Gasteiger partial charge in [-0.3, -0.25) is 0 Å². The van der Waals surface area contributed by atoms with Crippen LogP contribution in [-0.4, -0.2) is 0 Å². The molecule has 0 atom stereocenters. The van der Waals surface area contributed by atoms with E-state index in [2.05, 4.69) is 48.5 Å². The number of allylic oxidation sites excluding steroid dienone is 2. The van der Waals surface area contributed by atoms with Crippen molar-refractivity contribution in [2.45, 2.75) is 0 Å². The zero-order valence-corrected chi connectivity index (χ0v) is 10.3. The first-order chi connectivity index (χ1) is 9.42. The molecule has 4 rings (SSSR count). The normalized spacial score (nSPS) is 13.3. The van der Waals surface area contributed by atoms with Gasteiger partial charge in [-0.1, -0.05) is 42.5 Å². The smallest absolute Gasteiger partial charge is 0.134 e. The molecule has 0 saturated carbocycles. The monoisotopic (exact) mass is 244 g/mol. The summed E-state index contributed by atoms with van der Waals surface area (Å²) >= 11 is 0. The minimum atomic E-state index is 0.910. The first-order valence-electron chi connectivity index (χ1n) is 6.37. The minimum Gasteiger partial charge on any atom is -0.464 e. The van der Waals surface area contributed by atoms with Crippen LogP contribution in [0.2, 0.25) is 0 Å². The Morgan fingerprint density at radius 2 is 1.58 bits per heavy atom. The molecule has 1 nitrogen and oxygen atoms in total. The molecule has 0 bridgehead atoms. The maximum absolute atomic E-state index is 5.63. The molecular formula is C18H12O. The van der Waals surface area contributed by atoms with Gasteiger partial charge in [0.15, 0.2) is 0 Å². The van der Waals surface area contributed by atoms with E-state index in [4.69, 9.17) is 4.74 Å². The maximum Gasteiger partial charge on any atom is 0.134 e. The van der Waals surface area contributed by atoms with Gasteiger partial charge in [-0.2, -0.15) is 0 Å². The number of hydrogen-bond donors (Lipinski definition) is 0. The molecule has 0 N–H and O–H groups in total. The summed E-state index contributed by atoms with van der Waals surface area (Å²) < 4.78 is 5.63. The third kappa shape index (κ3) is 1.63. The molecule has 3 aromatic carbocycles. The number of ether oxygens (including phenoxy) is 1. The van der Waals surface area contributed by atoms with Gasteiger partial charge in [-0.25, -0.2) is 0 Å². The first kappa shape index (κ1) is 10.4. The zero-order chi connectivity index (χ0) is 12.7. The van der Waals surface area contributed by atoms with Crippen LogP contribution in [0.3, 0.4) is 0 Å². The van der Waals surface area contributed by atoms with Crippen LogP contribution >= 0.6 is 0 Å². The van der Waals surface area contributed by atoms with Gasteiger partial charge < -0.3 is 4.74 Å². The van der Waals surface area contributed by atoms with Crippen LogP contribution in [0.4, 0.5) is 0 Å². The summed E-state index contributed by atoms with van der Waals surface area (Å²) in [5.41, 5.74) is 1.15. The van der Waals surface area contributed by atoms with Crippen LogP contribution in [0.1, 0.15) is 5.56 Å². The van der Waals surface area contributed by atoms with Crippen LogP contribution in [0.25, 0.3) is 27.6 Å². The minimum absolute atomic E-state index is 0.910. The largest absolute Gasteiger partial charge is 0.464 e. The second-order valence-electron chi connectivity index (χ2n) is 4.70. The Hall–Kier alpha value is -2.54. The predicted octanol–water partition coefficient (Wildman–Crippen LogP) is 4.91. The third-order valence-corrected chi connectivity index (χ3v) is 3.54. The van der Waals surface area contributed by atoms with Gasteiger partial charge in [0.2, 0.25) is 0 Å². The fraction of sp³-hybridized carbons (Fsp3) is 0. The predicted molar refractivity (Wildman–Crippen MR) is 80.3 cm³/mol. The molecule has 1 aliphatic rings. The van der Waals surface area contributed by atoms with Crippen molar-refractivity contribution in [2.75, 3.05) is 0 Å². The van der Waals surface area contributed by atoms with Crippen molar-refractivity contribution in [3.63, 3.8) is 0 Å². The molecule has 0 amide bonds. The lowest BCUT2D eigenvalue weighted by molar-refractivity contribution is 0.482. The van der Waals surface area contributed by atoms with E-state index in [9.17, 15) is 0 Å². The van der Waals surface area contributed by atoms with Crippen LogP contribution in [0, 0.1) is 0 Å². The van der Waals surface area contributed by atoms with E-state index in [-0.39, 0.29) is 0 Å². The summed E-state index contributed by atoms with van der Waals surface area (Å²) in [6.45, 7) is 0. The maximum atomic E-state index is 5.63. The molecule has 0 radical (unpaired) electrons. The highest BCUT2D eigenvalue weighted by Gasteiger charge is 2.08. The Bertz CT molecular complexity index is 841. The van der Waals surface area contributed by atoms with Gasteiger partial charge in [-0.05, 0) is 45.8 Å². The van der Waals surface area contributed by atoms with Gasteiger partial charge in [0.1, 0.15) is 5.75 Å². The molecule has 0 saturated heterocycles. The van der Waals surface area contributed by atoms with Crippen molar-refractivity contribution in [1.29, 1.82) is 0 Å². The molecule has 0 aliphatic carbocycles. The molecule has 90 valence electrons. The van der Waals surface area contributed by atoms with E-state index in [0.717, 1.165) is 11.3 Å². The molecule has 3 aromatic rings. The van der Waals surface area contributed by atoms with E-state index in [0.29, 0.717) is 0 Å². The third-order valence-electron chi connectivity index (χ3n) is 3.54. The molecule has 1 heterocycles. The second kappa shape index (κ2) is 3.99. The van der Waals surface area contributed by atoms with E-state index < -0.39 is 0 Å². The lowest BCUT2D eigenvalue weighted by Crippen LogP contribution is -1.87. The molecular weight excluding hydrogens is 232 g/mol. The van der Waals surface area contributed by atoms with Crippen molar-refractivity contribution >= 4 is 27.6 Å². The van der Waals surface area contributed by atoms with Gasteiger partial charge in [-0.15, -0.1) is 0 Å². The van der Waals surface area contributed by atoms with E-state index >= 15 is 0 Å². The Balaban J connectivity index is 2.13. The van der Waals surface area contributed by atoms with Crippen molar-refractivity contribution in [1.82, 2.24) is 0 Å². The summed E-state index contributed by atoms with van der Waals surface area (Å²) in [6, 6.07) is 17.1. The molecule has 1 heteroatoms. The van der Waals surface area contributed by atoms with Crippen LogP contribution < -0.4 is 4.74 Å². The SMILES string of the molecule is C1=COc2ccc3cc4ccccc4cc3c2C=C1. The van der Waals surface area contributed by atoms with E-state index in [1.165, 1.54) is 21.5 Å². The molecule has 1 aliphatic heterocycles. The Kier molecular flexibility index (Phi) is 2.18. The Morgan fingerprint density at radius 1 is 0.737 bits per heavy atom. The number of hydrogen-bond acceptors (Lipinski definition) is 1. The Labute approximate surface area is 111 Å². The van der Waals surface area contributed by atoms with Crippen LogP contribution in [0.5, 0.6) is 5.75 Å². The standard InChI is InChI=1S/C18H12O/c1-2-6-14-12-17-15(11-13(14)5-1)8-9-18-16(17)7-3-4-10-19-18/h1-12H. The van der Waals surface area contributed by atoms with Crippen LogP contribution in [-0.2, 0) is 0 Å². The van der Waals surface area contributed by atoms with Gasteiger partial charge in [0, 0.05) is 5.56 Å². The number of rotatable bonds is 0. The fourth-order valence-corrected chi connectivity index (χ4v) is 2.60. The topological polar surface area (TPSA) is 9.23 Å².